The van der Waals surface area contributed by atoms with Crippen LogP contribution in [0.1, 0.15) is 195 Å². The van der Waals surface area contributed by atoms with Gasteiger partial charge in [-0.25, -0.2) is 0 Å². The number of Topliss-reactive ketones (excluding diaryl/α,β-unsaturated/α-hetero) is 3. The highest BCUT2D eigenvalue weighted by molar-refractivity contribution is 5.99. The summed E-state index contributed by atoms with van der Waals surface area (Å²) in [6.07, 6.45) is 10.5. The highest BCUT2D eigenvalue weighted by atomic mass is 16.2. The van der Waals surface area contributed by atoms with E-state index in [0.29, 0.717) is 91.1 Å². The van der Waals surface area contributed by atoms with Crippen LogP contribution in [0.4, 0.5) is 0 Å². The second-order valence-corrected chi connectivity index (χ2v) is 25.3. The summed E-state index contributed by atoms with van der Waals surface area (Å²) in [5, 5.41) is 31.0. The Bertz CT molecular complexity index is 2250. The molecule has 2 saturated heterocycles. The maximum absolute atomic E-state index is 14.8. The van der Waals surface area contributed by atoms with E-state index in [1.165, 1.54) is 6.42 Å². The molecule has 2 heterocycles. The molecule has 2 aliphatic rings. The molecule has 2 fully saturated rings. The van der Waals surface area contributed by atoms with Gasteiger partial charge in [0.2, 0.25) is 53.2 Å². The second kappa shape index (κ2) is 53.2. The van der Waals surface area contributed by atoms with Crippen molar-refractivity contribution in [1.29, 1.82) is 0 Å². The van der Waals surface area contributed by atoms with Crippen LogP contribution >= 0.6 is 0 Å². The first kappa shape index (κ1) is 84.1. The Morgan fingerprint density at radius 3 is 1.29 bits per heavy atom. The number of carbonyl (C=O) groups is 12. The topological polar surface area (TPSA) is 396 Å². The van der Waals surface area contributed by atoms with Crippen LogP contribution in [-0.4, -0.2) is 217 Å². The molecule has 6 atom stereocenters. The molecule has 0 aliphatic carbocycles. The molecular weight excluding hydrogens is 1210 g/mol. The van der Waals surface area contributed by atoms with Crippen LogP contribution in [0.15, 0.2) is 0 Å². The van der Waals surface area contributed by atoms with Crippen LogP contribution in [-0.2, 0) is 57.5 Å². The van der Waals surface area contributed by atoms with Gasteiger partial charge in [-0.3, -0.25) is 57.5 Å². The summed E-state index contributed by atoms with van der Waals surface area (Å²) < 4.78 is 0. The number of likely N-dealkylation sites (tertiary alicyclic amines) is 2. The van der Waals surface area contributed by atoms with Crippen LogP contribution in [0.25, 0.3) is 0 Å². The number of nitrogens with zero attached hydrogens (tertiary/aromatic N) is 2. The minimum Gasteiger partial charge on any atom is -0.356 e. The van der Waals surface area contributed by atoms with Crippen molar-refractivity contribution < 1.29 is 57.5 Å². The highest BCUT2D eigenvalue weighted by Gasteiger charge is 2.36. The minimum absolute atomic E-state index is 0.0391. The van der Waals surface area contributed by atoms with Gasteiger partial charge in [0, 0.05) is 161 Å². The molecule has 2 rings (SSSR count). The minimum atomic E-state index is -1.71. The lowest BCUT2D eigenvalue weighted by molar-refractivity contribution is -0.138. The highest BCUT2D eigenvalue weighted by Crippen LogP contribution is 2.23. The number of rotatable bonds is 56. The predicted molar refractivity (Wildman–Crippen MR) is 363 cm³/mol. The van der Waals surface area contributed by atoms with E-state index in [1.54, 1.807) is 6.92 Å². The molecule has 0 saturated carbocycles. The van der Waals surface area contributed by atoms with Gasteiger partial charge in [0.15, 0.2) is 0 Å². The summed E-state index contributed by atoms with van der Waals surface area (Å²) in [6.45, 7) is 16.9. The van der Waals surface area contributed by atoms with Crippen molar-refractivity contribution in [1.82, 2.24) is 68.3 Å². The van der Waals surface area contributed by atoms with Crippen LogP contribution in [0.2, 0.25) is 0 Å². The average molecular weight is 1330 g/mol. The molecule has 0 spiro atoms. The molecule has 15 N–H and O–H groups in total. The molecule has 9 amide bonds. The van der Waals surface area contributed by atoms with Crippen molar-refractivity contribution in [2.45, 2.75) is 207 Å². The third-order valence-corrected chi connectivity index (χ3v) is 17.1. The number of nitrogens with two attached hydrogens (primary N) is 2. The summed E-state index contributed by atoms with van der Waals surface area (Å²) in [5.74, 6) is -12.0. The summed E-state index contributed by atoms with van der Waals surface area (Å²) in [7, 11) is 0. The van der Waals surface area contributed by atoms with Gasteiger partial charge >= 0.3 is 0 Å². The monoisotopic (exact) mass is 1330 g/mol. The zero-order chi connectivity index (χ0) is 69.1. The number of hydrogen-bond acceptors (Lipinski definition) is 18. The van der Waals surface area contributed by atoms with Crippen LogP contribution < -0.4 is 70.0 Å². The van der Waals surface area contributed by atoms with Gasteiger partial charge < -0.3 is 79.8 Å². The third-order valence-electron chi connectivity index (χ3n) is 17.1. The van der Waals surface area contributed by atoms with Crippen LogP contribution in [0.3, 0.4) is 0 Å². The largest absolute Gasteiger partial charge is 0.356 e. The average Bonchev–Trinajstić information content (AvgIpc) is 1.20. The van der Waals surface area contributed by atoms with Gasteiger partial charge in [-0.1, -0.05) is 85.5 Å². The Kier molecular flexibility index (Phi) is 47.6. The molecule has 94 heavy (non-hydrogen) atoms. The Balaban J connectivity index is 2.56. The first-order valence-corrected chi connectivity index (χ1v) is 35.7. The predicted octanol–water partition coefficient (Wildman–Crippen LogP) is 0.891. The molecule has 6 unspecified atom stereocenters. The van der Waals surface area contributed by atoms with Crippen molar-refractivity contribution in [2.75, 3.05) is 124 Å². The number of unbranched alkanes of at least 4 members (excludes halogenated alkanes) is 7. The zero-order valence-electron chi connectivity index (χ0n) is 57.7. The lowest BCUT2D eigenvalue weighted by Crippen LogP contribution is -2.56. The molecule has 0 radical (unpaired) electrons. The van der Waals surface area contributed by atoms with Gasteiger partial charge in [0.05, 0.1) is 18.3 Å². The van der Waals surface area contributed by atoms with Crippen LogP contribution in [0.5, 0.6) is 0 Å². The van der Waals surface area contributed by atoms with Gasteiger partial charge in [-0.2, -0.15) is 0 Å². The van der Waals surface area contributed by atoms with E-state index in [1.807, 2.05) is 20.8 Å². The second-order valence-electron chi connectivity index (χ2n) is 25.3. The number of nitrogens with one attached hydrogen (secondary N) is 11. The summed E-state index contributed by atoms with van der Waals surface area (Å²) in [5.41, 5.74) is 11.2. The SMILES string of the molecule is CCCCCCNC(=O)CC(NC(=O)CC(CC(=O)C(CC(=O)CC(CC)C(=O)NCCN1CCCCC1)CC(=O)NCCN1CCCCC1)C(=O)NCCCCCC)C(=O)NC(CC(=O)CC(CC(=O)NCCNCCN)C(=O)NCCCC)C(=O)NCCNCCN. The first-order valence-electron chi connectivity index (χ1n) is 35.7. The van der Waals surface area contributed by atoms with E-state index in [2.05, 4.69) is 68.3 Å². The number of amides is 9. The Morgan fingerprint density at radius 2 is 0.734 bits per heavy atom. The van der Waals surface area contributed by atoms with Crippen molar-refractivity contribution >= 4 is 70.5 Å². The maximum atomic E-state index is 14.8. The van der Waals surface area contributed by atoms with E-state index < -0.39 is 145 Å². The van der Waals surface area contributed by atoms with Gasteiger partial charge in [0.25, 0.3) is 0 Å². The van der Waals surface area contributed by atoms with E-state index in [0.717, 1.165) is 103 Å². The Hall–Kier alpha value is -6.00. The Labute approximate surface area is 560 Å². The van der Waals surface area contributed by atoms with E-state index in [4.69, 9.17) is 11.5 Å². The number of carbonyl (C=O) groups excluding carboxylic acids is 12. The van der Waals surface area contributed by atoms with Gasteiger partial charge in [0.1, 0.15) is 29.4 Å². The molecular formula is C67H123N15O12. The zero-order valence-corrected chi connectivity index (χ0v) is 57.7. The quantitative estimate of drug-likeness (QED) is 0.0376. The van der Waals surface area contributed by atoms with Crippen molar-refractivity contribution in [3.8, 4) is 0 Å². The number of ketones is 3. The van der Waals surface area contributed by atoms with E-state index in [9.17, 15) is 57.5 Å². The fourth-order valence-electron chi connectivity index (χ4n) is 11.4. The third kappa shape index (κ3) is 39.8. The number of piperidine rings is 2. The molecule has 538 valence electrons. The lowest BCUT2D eigenvalue weighted by atomic mass is 9.84. The fraction of sp³-hybridized carbons (Fsp3) is 0.821. The maximum Gasteiger partial charge on any atom is 0.243 e. The molecule has 0 aromatic heterocycles. The summed E-state index contributed by atoms with van der Waals surface area (Å²) in [4.78, 5) is 173. The van der Waals surface area contributed by atoms with Gasteiger partial charge in [-0.05, 0) is 77.5 Å². The van der Waals surface area contributed by atoms with Crippen molar-refractivity contribution in [3.63, 3.8) is 0 Å². The smallest absolute Gasteiger partial charge is 0.243 e. The van der Waals surface area contributed by atoms with Crippen LogP contribution in [0, 0.1) is 23.7 Å². The lowest BCUT2D eigenvalue weighted by Gasteiger charge is -2.26. The summed E-state index contributed by atoms with van der Waals surface area (Å²) in [6, 6.07) is -3.32. The van der Waals surface area contributed by atoms with Crippen molar-refractivity contribution in [2.24, 2.45) is 35.1 Å². The van der Waals surface area contributed by atoms with Gasteiger partial charge in [-0.15, -0.1) is 0 Å². The fourth-order valence-corrected chi connectivity index (χ4v) is 11.4. The molecule has 27 heteroatoms. The molecule has 0 aromatic rings. The summed E-state index contributed by atoms with van der Waals surface area (Å²) >= 11 is 0. The molecule has 27 nitrogen and oxygen atoms in total. The van der Waals surface area contributed by atoms with E-state index >= 15 is 0 Å². The van der Waals surface area contributed by atoms with E-state index in [-0.39, 0.29) is 51.5 Å². The molecule has 2 aliphatic heterocycles. The normalized spacial score (nSPS) is 15.4. The molecule has 0 aromatic carbocycles. The Morgan fingerprint density at radius 1 is 0.330 bits per heavy atom. The number of hydrogen-bond donors (Lipinski definition) is 13. The van der Waals surface area contributed by atoms with Crippen molar-refractivity contribution in [3.05, 3.63) is 0 Å². The standard InChI is InChI=1S/C67H123N15O12/c1-5-9-12-16-25-72-61(88)49-57(67(94)80-56(66(93)77-32-30-71-28-23-69)48-55(84)43-52(64(91)75-24-11-7-3)46-60(87)73-31-29-70-27-22-68)79-62(89)47-53(65(92)76-26-17-13-10-6-2)44-58(85)51(45-59(86)74-33-39-81-35-18-14-19-36-81)42-54(83)41-50(8-4)63(90)78-34-40-82-37-20-15-21-38-82/h50-53,56-57,70-71H,5-49,68-69H2,1-4H3,(H,72,88)(H,73,87)(H,74,86)(H,75,91)(H,76,92)(H,77,93)(H,78,90)(H,79,89)(H,80,94). The molecule has 0 bridgehead atoms. The first-order chi connectivity index (χ1) is 45.4.